The van der Waals surface area contributed by atoms with Crippen molar-refractivity contribution in [3.05, 3.63) is 86.7 Å². The van der Waals surface area contributed by atoms with Crippen LogP contribution >= 0.6 is 23.2 Å². The molecule has 0 aliphatic heterocycles. The fourth-order valence-electron chi connectivity index (χ4n) is 3.30. The van der Waals surface area contributed by atoms with Crippen LogP contribution in [0.25, 0.3) is 0 Å². The minimum atomic E-state index is -0.236. The van der Waals surface area contributed by atoms with Gasteiger partial charge in [0.1, 0.15) is 5.15 Å². The smallest absolute Gasteiger partial charge is 0.256 e. The molecule has 2 aromatic carbocycles. The van der Waals surface area contributed by atoms with E-state index in [0.29, 0.717) is 40.6 Å². The van der Waals surface area contributed by atoms with Crippen molar-refractivity contribution in [3.8, 4) is 0 Å². The highest BCUT2D eigenvalue weighted by Crippen LogP contribution is 2.23. The van der Waals surface area contributed by atoms with E-state index in [2.05, 4.69) is 42.3 Å². The molecule has 0 saturated heterocycles. The minimum absolute atomic E-state index is 0.236. The normalized spacial score (nSPS) is 11.4. The van der Waals surface area contributed by atoms with Gasteiger partial charge in [0.15, 0.2) is 0 Å². The Balaban J connectivity index is 1.74. The number of carbonyl (C=O) groups excluding carboxylic acids is 1. The number of nitrogens with one attached hydrogen (secondary N) is 1. The second-order valence-electron chi connectivity index (χ2n) is 7.96. The maximum atomic E-state index is 12.9. The molecule has 0 fully saturated rings. The maximum absolute atomic E-state index is 12.9. The molecule has 31 heavy (non-hydrogen) atoms. The molecular formula is C24H28Cl2N4O. The van der Waals surface area contributed by atoms with Crippen LogP contribution < -0.4 is 5.32 Å². The first-order chi connectivity index (χ1) is 14.8. The van der Waals surface area contributed by atoms with Crippen molar-refractivity contribution in [2.75, 3.05) is 7.05 Å². The number of benzene rings is 2. The largest absolute Gasteiger partial charge is 0.348 e. The van der Waals surface area contributed by atoms with E-state index >= 15 is 0 Å². The molecule has 0 saturated carbocycles. The third kappa shape index (κ3) is 5.67. The number of rotatable bonds is 8. The molecule has 1 amide bonds. The molecule has 0 spiro atoms. The molecule has 1 N–H and O–H groups in total. The van der Waals surface area contributed by atoms with Gasteiger partial charge in [0, 0.05) is 24.2 Å². The summed E-state index contributed by atoms with van der Waals surface area (Å²) < 4.78 is 1.61. The molecule has 0 radical (unpaired) electrons. The summed E-state index contributed by atoms with van der Waals surface area (Å²) in [6.07, 6.45) is 0. The average molecular weight is 459 g/mol. The fraction of sp³-hybridized carbons (Fsp3) is 0.333. The zero-order valence-corrected chi connectivity index (χ0v) is 19.8. The molecule has 0 aliphatic carbocycles. The summed E-state index contributed by atoms with van der Waals surface area (Å²) in [6, 6.07) is 16.1. The van der Waals surface area contributed by atoms with E-state index in [9.17, 15) is 4.79 Å². The fourth-order valence-corrected chi connectivity index (χ4v) is 3.82. The van der Waals surface area contributed by atoms with E-state index in [-0.39, 0.29) is 5.91 Å². The third-order valence-corrected chi connectivity index (χ3v) is 6.18. The molecule has 5 nitrogen and oxygen atoms in total. The third-order valence-electron chi connectivity index (χ3n) is 5.43. The van der Waals surface area contributed by atoms with Gasteiger partial charge in [-0.25, -0.2) is 4.68 Å². The van der Waals surface area contributed by atoms with Gasteiger partial charge in [-0.05, 0) is 50.6 Å². The zero-order chi connectivity index (χ0) is 22.5. The summed E-state index contributed by atoms with van der Waals surface area (Å²) in [5, 5.41) is 8.41. The van der Waals surface area contributed by atoms with Gasteiger partial charge in [-0.3, -0.25) is 9.69 Å². The van der Waals surface area contributed by atoms with Crippen molar-refractivity contribution in [1.29, 1.82) is 0 Å². The second-order valence-corrected chi connectivity index (χ2v) is 8.73. The summed E-state index contributed by atoms with van der Waals surface area (Å²) in [5.74, 6) is -0.236. The second kappa shape index (κ2) is 10.3. The molecule has 3 aromatic rings. The summed E-state index contributed by atoms with van der Waals surface area (Å²) in [7, 11) is 2.09. The Morgan fingerprint density at radius 1 is 1.06 bits per heavy atom. The average Bonchev–Trinajstić information content (AvgIpc) is 3.01. The first kappa shape index (κ1) is 23.3. The van der Waals surface area contributed by atoms with E-state index < -0.39 is 0 Å². The van der Waals surface area contributed by atoms with Crippen molar-refractivity contribution in [2.45, 2.75) is 46.4 Å². The van der Waals surface area contributed by atoms with Crippen LogP contribution in [0.3, 0.4) is 0 Å². The van der Waals surface area contributed by atoms with Gasteiger partial charge in [-0.1, -0.05) is 65.7 Å². The predicted octanol–water partition coefficient (Wildman–Crippen LogP) is 5.32. The molecule has 164 valence electrons. The van der Waals surface area contributed by atoms with E-state index in [1.165, 1.54) is 5.56 Å². The molecule has 0 unspecified atom stereocenters. The Hall–Kier alpha value is -2.34. The Bertz CT molecular complexity index is 1060. The van der Waals surface area contributed by atoms with Crippen molar-refractivity contribution >= 4 is 29.1 Å². The van der Waals surface area contributed by atoms with Crippen molar-refractivity contribution in [1.82, 2.24) is 20.0 Å². The van der Waals surface area contributed by atoms with Crippen LogP contribution in [0.2, 0.25) is 10.2 Å². The van der Waals surface area contributed by atoms with Crippen molar-refractivity contribution < 1.29 is 4.79 Å². The highest BCUT2D eigenvalue weighted by molar-refractivity contribution is 6.33. The molecule has 7 heteroatoms. The maximum Gasteiger partial charge on any atom is 0.256 e. The quantitative estimate of drug-likeness (QED) is 0.496. The molecule has 1 aromatic heterocycles. The molecule has 1 heterocycles. The van der Waals surface area contributed by atoms with Crippen LogP contribution in [0.5, 0.6) is 0 Å². The SMILES string of the molecule is Cc1nn(Cc2ccccc2Cl)c(Cl)c1C(=O)NCc1ccccc1CN(C)C(C)C. The lowest BCUT2D eigenvalue weighted by molar-refractivity contribution is 0.0950. The van der Waals surface area contributed by atoms with Gasteiger partial charge in [-0.2, -0.15) is 5.10 Å². The van der Waals surface area contributed by atoms with Crippen LogP contribution in [-0.4, -0.2) is 33.7 Å². The Labute approximate surface area is 194 Å². The predicted molar refractivity (Wildman–Crippen MR) is 127 cm³/mol. The lowest BCUT2D eigenvalue weighted by Crippen LogP contribution is -2.28. The molecule has 0 aliphatic rings. The van der Waals surface area contributed by atoms with Crippen molar-refractivity contribution in [2.24, 2.45) is 0 Å². The summed E-state index contributed by atoms with van der Waals surface area (Å²) in [5.41, 5.74) is 4.15. The zero-order valence-electron chi connectivity index (χ0n) is 18.3. The summed E-state index contributed by atoms with van der Waals surface area (Å²) >= 11 is 12.8. The van der Waals surface area contributed by atoms with Gasteiger partial charge in [0.2, 0.25) is 0 Å². The van der Waals surface area contributed by atoms with Gasteiger partial charge in [0.05, 0.1) is 17.8 Å². The first-order valence-corrected chi connectivity index (χ1v) is 11.0. The first-order valence-electron chi connectivity index (χ1n) is 10.3. The lowest BCUT2D eigenvalue weighted by atomic mass is 10.1. The number of amides is 1. The van der Waals surface area contributed by atoms with Crippen LogP contribution in [0.4, 0.5) is 0 Å². The highest BCUT2D eigenvalue weighted by Gasteiger charge is 2.21. The van der Waals surface area contributed by atoms with E-state index in [1.54, 1.807) is 11.6 Å². The minimum Gasteiger partial charge on any atom is -0.348 e. The van der Waals surface area contributed by atoms with Gasteiger partial charge in [-0.15, -0.1) is 0 Å². The number of carbonyl (C=O) groups is 1. The summed E-state index contributed by atoms with van der Waals surface area (Å²) in [4.78, 5) is 15.2. The van der Waals surface area contributed by atoms with E-state index in [4.69, 9.17) is 23.2 Å². The van der Waals surface area contributed by atoms with Gasteiger partial charge < -0.3 is 5.32 Å². The standard InChI is InChI=1S/C24H28Cl2N4O/c1-16(2)29(4)14-19-10-6-5-9-18(19)13-27-24(31)22-17(3)28-30(23(22)26)15-20-11-7-8-12-21(20)25/h5-12,16H,13-15H2,1-4H3,(H,27,31). The Morgan fingerprint density at radius 3 is 2.32 bits per heavy atom. The number of aromatic nitrogens is 2. The molecule has 0 atom stereocenters. The van der Waals surface area contributed by atoms with E-state index in [1.807, 2.05) is 42.5 Å². The summed E-state index contributed by atoms with van der Waals surface area (Å²) in [6.45, 7) is 7.75. The monoisotopic (exact) mass is 458 g/mol. The lowest BCUT2D eigenvalue weighted by Gasteiger charge is -2.22. The Kier molecular flexibility index (Phi) is 7.76. The van der Waals surface area contributed by atoms with Crippen LogP contribution in [0, 0.1) is 6.92 Å². The van der Waals surface area contributed by atoms with Crippen LogP contribution in [-0.2, 0) is 19.6 Å². The molecule has 0 bridgehead atoms. The number of halogens is 2. The van der Waals surface area contributed by atoms with Crippen LogP contribution in [0.1, 0.15) is 46.6 Å². The highest BCUT2D eigenvalue weighted by atomic mass is 35.5. The molecule has 3 rings (SSSR count). The number of hydrogen-bond acceptors (Lipinski definition) is 3. The Morgan fingerprint density at radius 2 is 1.68 bits per heavy atom. The van der Waals surface area contributed by atoms with Gasteiger partial charge >= 0.3 is 0 Å². The van der Waals surface area contributed by atoms with Crippen molar-refractivity contribution in [3.63, 3.8) is 0 Å². The van der Waals surface area contributed by atoms with Crippen LogP contribution in [0.15, 0.2) is 48.5 Å². The van der Waals surface area contributed by atoms with Gasteiger partial charge in [0.25, 0.3) is 5.91 Å². The number of hydrogen-bond donors (Lipinski definition) is 1. The number of aryl methyl sites for hydroxylation is 1. The van der Waals surface area contributed by atoms with E-state index in [0.717, 1.165) is 17.7 Å². The number of nitrogens with zero attached hydrogens (tertiary/aromatic N) is 3. The topological polar surface area (TPSA) is 50.2 Å². The molecular weight excluding hydrogens is 431 g/mol.